The van der Waals surface area contributed by atoms with E-state index in [1.165, 1.54) is 6.07 Å². The number of rotatable bonds is 7. The van der Waals surface area contributed by atoms with E-state index in [0.29, 0.717) is 47.3 Å². The molecule has 0 radical (unpaired) electrons. The molecule has 0 aliphatic carbocycles. The van der Waals surface area contributed by atoms with Crippen molar-refractivity contribution in [2.75, 3.05) is 29.0 Å². The van der Waals surface area contributed by atoms with Crippen molar-refractivity contribution in [1.29, 1.82) is 0 Å². The van der Waals surface area contributed by atoms with Crippen LogP contribution in [0.5, 0.6) is 5.75 Å². The fourth-order valence-electron chi connectivity index (χ4n) is 5.29. The van der Waals surface area contributed by atoms with Crippen molar-refractivity contribution < 1.29 is 23.5 Å². The third-order valence-corrected chi connectivity index (χ3v) is 13.1. The molecule has 1 fully saturated rings. The van der Waals surface area contributed by atoms with Crippen molar-refractivity contribution >= 4 is 48.9 Å². The van der Waals surface area contributed by atoms with Crippen LogP contribution < -0.4 is 25.7 Å². The lowest BCUT2D eigenvalue weighted by molar-refractivity contribution is 0.102. The molecule has 0 saturated carbocycles. The smallest absolute Gasteiger partial charge is 0.404 e. The number of aromatic nitrogens is 1. The number of pyridine rings is 1. The molecule has 3 aromatic rings. The lowest BCUT2D eigenvalue weighted by atomic mass is 10.0. The number of hydrogen-bond donors (Lipinski definition) is 5. The number of fused-ring (bicyclic) bond motifs is 2. The van der Waals surface area contributed by atoms with Gasteiger partial charge in [-0.05, 0) is 79.8 Å². The van der Waals surface area contributed by atoms with Gasteiger partial charge in [-0.15, -0.1) is 0 Å². The number of benzene rings is 2. The van der Waals surface area contributed by atoms with Gasteiger partial charge in [-0.2, -0.15) is 0 Å². The molecule has 0 spiro atoms. The molecule has 12 heteroatoms. The molecule has 3 heterocycles. The van der Waals surface area contributed by atoms with Gasteiger partial charge in [0.1, 0.15) is 22.9 Å². The first-order valence-electron chi connectivity index (χ1n) is 14.9. The minimum atomic E-state index is -2.18. The number of carboxylic acid groups (broad SMARTS) is 1. The zero-order chi connectivity index (χ0) is 31.8. The van der Waals surface area contributed by atoms with E-state index < -0.39 is 20.2 Å². The zero-order valence-corrected chi connectivity index (χ0v) is 27.1. The lowest BCUT2D eigenvalue weighted by Gasteiger charge is -2.37. The quantitative estimate of drug-likeness (QED) is 0.176. The number of aryl methyl sites for hydroxylation is 1. The first kappa shape index (κ1) is 31.3. The molecule has 10 nitrogen and oxygen atoms in total. The third kappa shape index (κ3) is 6.81. The number of carbonyl (C=O) groups is 2. The summed E-state index contributed by atoms with van der Waals surface area (Å²) in [4.78, 5) is 31.3. The molecule has 0 bridgehead atoms. The van der Waals surface area contributed by atoms with Crippen LogP contribution >= 0.6 is 0 Å². The number of hydrogen-bond acceptors (Lipinski definition) is 7. The Hall–Kier alpha value is -4.16. The molecule has 2 aromatic carbocycles. The largest absolute Gasteiger partial charge is 0.543 e. The molecule has 44 heavy (non-hydrogen) atoms. The molecule has 5 N–H and O–H groups in total. The number of nitrogens with one attached hydrogen (secondary N) is 4. The maximum absolute atomic E-state index is 15.3. The highest BCUT2D eigenvalue weighted by atomic mass is 28.4. The average Bonchev–Trinajstić information content (AvgIpc) is 3.06. The van der Waals surface area contributed by atoms with Crippen LogP contribution in [0.15, 0.2) is 42.6 Å². The molecule has 0 unspecified atom stereocenters. The summed E-state index contributed by atoms with van der Waals surface area (Å²) in [6, 6.07) is 10.4. The average molecular weight is 621 g/mol. The van der Waals surface area contributed by atoms with E-state index in [2.05, 4.69) is 65.0 Å². The highest BCUT2D eigenvalue weighted by Gasteiger charge is 2.39. The normalized spacial score (nSPS) is 17.0. The van der Waals surface area contributed by atoms with Crippen molar-refractivity contribution in [3.8, 4) is 5.75 Å². The van der Waals surface area contributed by atoms with Gasteiger partial charge in [-0.1, -0.05) is 26.8 Å². The third-order valence-electron chi connectivity index (χ3n) is 8.71. The second-order valence-corrected chi connectivity index (χ2v) is 17.9. The number of halogens is 1. The van der Waals surface area contributed by atoms with Gasteiger partial charge in [0.25, 0.3) is 5.91 Å². The Morgan fingerprint density at radius 1 is 1.16 bits per heavy atom. The van der Waals surface area contributed by atoms with E-state index >= 15 is 4.39 Å². The first-order chi connectivity index (χ1) is 20.7. The summed E-state index contributed by atoms with van der Waals surface area (Å²) < 4.78 is 21.8. The van der Waals surface area contributed by atoms with E-state index in [-0.39, 0.29) is 28.2 Å². The molecule has 1 atom stereocenters. The van der Waals surface area contributed by atoms with Crippen molar-refractivity contribution in [2.45, 2.75) is 71.3 Å². The Labute approximate surface area is 258 Å². The molecule has 2 aliphatic rings. The van der Waals surface area contributed by atoms with Crippen LogP contribution in [0.2, 0.25) is 18.1 Å². The highest BCUT2D eigenvalue weighted by molar-refractivity contribution is 6.74. The fourth-order valence-corrected chi connectivity index (χ4v) is 6.36. The van der Waals surface area contributed by atoms with Crippen LogP contribution in [0, 0.1) is 12.7 Å². The zero-order valence-electron chi connectivity index (χ0n) is 26.1. The minimum absolute atomic E-state index is 0.0315. The number of anilines is 5. The maximum Gasteiger partial charge on any atom is 0.404 e. The Balaban J connectivity index is 1.37. The van der Waals surface area contributed by atoms with Gasteiger partial charge in [-0.3, -0.25) is 9.69 Å². The van der Waals surface area contributed by atoms with Gasteiger partial charge in [0.05, 0.1) is 22.7 Å². The second-order valence-electron chi connectivity index (χ2n) is 13.1. The number of nitrogens with zero attached hydrogens (tertiary/aromatic N) is 2. The van der Waals surface area contributed by atoms with Crippen LogP contribution in [0.4, 0.5) is 37.8 Å². The van der Waals surface area contributed by atoms with Crippen LogP contribution in [-0.2, 0) is 6.54 Å². The summed E-state index contributed by atoms with van der Waals surface area (Å²) in [6.45, 7) is 14.7. The Kier molecular flexibility index (Phi) is 8.59. The maximum atomic E-state index is 15.3. The monoisotopic (exact) mass is 620 g/mol. The Morgan fingerprint density at radius 3 is 2.66 bits per heavy atom. The number of piperidine rings is 1. The Morgan fingerprint density at radius 2 is 1.93 bits per heavy atom. The van der Waals surface area contributed by atoms with Gasteiger partial charge in [-0.25, -0.2) is 14.2 Å². The van der Waals surface area contributed by atoms with Crippen LogP contribution in [0.1, 0.15) is 55.1 Å². The fraction of sp³-hybridized carbons (Fsp3) is 0.406. The van der Waals surface area contributed by atoms with E-state index in [1.54, 1.807) is 18.3 Å². The summed E-state index contributed by atoms with van der Waals surface area (Å²) in [5.74, 6) is 0.127. The van der Waals surface area contributed by atoms with E-state index in [4.69, 9.17) is 9.53 Å². The predicted octanol–water partition coefficient (Wildman–Crippen LogP) is 7.20. The standard InChI is InChI=1S/C32H41FN6O4Si/c1-19-14-22(33)25(16-27(19)43-44(5,6)32(2,3)4)36-24-11-12-34-29-28(24)30(40)38-26-15-20(9-10-23(26)37-29)17-39-13-7-8-21(18-39)35-31(41)42/h9-12,14-16,21,35H,7-8,13,17-18H2,1-6H3,(H,38,40)(H,41,42)(H2,34,36,37)/t21-/m0/s1. The number of carbonyl (C=O) groups excluding carboxylic acids is 1. The molecule has 2 aliphatic heterocycles. The van der Waals surface area contributed by atoms with Crippen molar-refractivity contribution in [3.63, 3.8) is 0 Å². The topological polar surface area (TPSA) is 128 Å². The van der Waals surface area contributed by atoms with Gasteiger partial charge in [0.2, 0.25) is 8.32 Å². The van der Waals surface area contributed by atoms with E-state index in [9.17, 15) is 9.59 Å². The molecular formula is C32H41FN6O4Si. The van der Waals surface area contributed by atoms with Crippen LogP contribution in [-0.4, -0.2) is 54.4 Å². The molecular weight excluding hydrogens is 579 g/mol. The van der Waals surface area contributed by atoms with Crippen molar-refractivity contribution in [2.24, 2.45) is 0 Å². The van der Waals surface area contributed by atoms with Gasteiger partial charge >= 0.3 is 6.09 Å². The summed E-state index contributed by atoms with van der Waals surface area (Å²) in [5, 5.41) is 21.0. The van der Waals surface area contributed by atoms with Crippen LogP contribution in [0.3, 0.4) is 0 Å². The van der Waals surface area contributed by atoms with Crippen LogP contribution in [0.25, 0.3) is 0 Å². The van der Waals surface area contributed by atoms with Gasteiger partial charge < -0.3 is 30.8 Å². The second kappa shape index (κ2) is 12.1. The lowest BCUT2D eigenvalue weighted by Crippen LogP contribution is -2.46. The molecule has 234 valence electrons. The van der Waals surface area contributed by atoms with E-state index in [0.717, 1.165) is 24.9 Å². The van der Waals surface area contributed by atoms with Crippen molar-refractivity contribution in [1.82, 2.24) is 15.2 Å². The molecule has 1 saturated heterocycles. The SMILES string of the molecule is Cc1cc(F)c(Nc2ccnc3c2C(=O)Nc2cc(CN4CCC[C@H](NC(=O)O)C4)ccc2N3)cc1O[Si](C)(C)C(C)(C)C. The summed E-state index contributed by atoms with van der Waals surface area (Å²) >= 11 is 0. The minimum Gasteiger partial charge on any atom is -0.543 e. The first-order valence-corrected chi connectivity index (χ1v) is 17.8. The summed E-state index contributed by atoms with van der Waals surface area (Å²) in [5.41, 5.74) is 3.83. The van der Waals surface area contributed by atoms with E-state index in [1.807, 2.05) is 25.1 Å². The van der Waals surface area contributed by atoms with Gasteiger partial charge in [0, 0.05) is 31.4 Å². The van der Waals surface area contributed by atoms with Gasteiger partial charge in [0.15, 0.2) is 0 Å². The molecule has 2 amide bonds. The predicted molar refractivity (Wildman–Crippen MR) is 174 cm³/mol. The number of likely N-dealkylation sites (tertiary alicyclic amines) is 1. The highest BCUT2D eigenvalue weighted by Crippen LogP contribution is 2.40. The number of amides is 2. The molecule has 5 rings (SSSR count). The molecule has 1 aromatic heterocycles. The van der Waals surface area contributed by atoms with Crippen molar-refractivity contribution in [3.05, 3.63) is 65.1 Å². The summed E-state index contributed by atoms with van der Waals surface area (Å²) in [6.07, 6.45) is 2.27. The summed E-state index contributed by atoms with van der Waals surface area (Å²) in [7, 11) is -2.18. The Bertz CT molecular complexity index is 1590.